The normalized spacial score (nSPS) is 12.4. The van der Waals surface area contributed by atoms with E-state index in [0.717, 1.165) is 24.8 Å². The van der Waals surface area contributed by atoms with Crippen LogP contribution in [0.2, 0.25) is 0 Å². The Hall–Kier alpha value is -1.49. The van der Waals surface area contributed by atoms with Gasteiger partial charge in [-0.25, -0.2) is 0 Å². The van der Waals surface area contributed by atoms with Crippen molar-refractivity contribution in [1.82, 2.24) is 5.32 Å². The van der Waals surface area contributed by atoms with Crippen molar-refractivity contribution in [2.24, 2.45) is 0 Å². The maximum absolute atomic E-state index is 13.4. The van der Waals surface area contributed by atoms with Gasteiger partial charge in [0, 0.05) is 18.7 Å². The SMILES string of the molecule is CCCCC(C)NCc1ccc([N+](=O)[O-])c(F)c1. The molecule has 0 spiro atoms. The van der Waals surface area contributed by atoms with Gasteiger partial charge in [0.2, 0.25) is 5.82 Å². The minimum Gasteiger partial charge on any atom is -0.310 e. The Bertz CT molecular complexity index is 410. The maximum Gasteiger partial charge on any atom is 0.304 e. The average Bonchev–Trinajstić information content (AvgIpc) is 2.33. The highest BCUT2D eigenvalue weighted by molar-refractivity contribution is 5.34. The van der Waals surface area contributed by atoms with Gasteiger partial charge in [-0.05, 0) is 25.0 Å². The number of nitro groups is 1. The summed E-state index contributed by atoms with van der Waals surface area (Å²) in [5, 5.41) is 13.7. The molecule has 0 aliphatic heterocycles. The van der Waals surface area contributed by atoms with Gasteiger partial charge in [0.1, 0.15) is 0 Å². The average molecular weight is 254 g/mol. The summed E-state index contributed by atoms with van der Waals surface area (Å²) in [4.78, 5) is 9.76. The van der Waals surface area contributed by atoms with E-state index in [4.69, 9.17) is 0 Å². The lowest BCUT2D eigenvalue weighted by Crippen LogP contribution is -2.25. The molecule has 1 aromatic rings. The molecular formula is C13H19FN2O2. The molecule has 0 aromatic heterocycles. The Morgan fingerprint density at radius 2 is 2.22 bits per heavy atom. The van der Waals surface area contributed by atoms with Crippen molar-refractivity contribution in [1.29, 1.82) is 0 Å². The smallest absolute Gasteiger partial charge is 0.304 e. The Kier molecular flexibility index (Phi) is 5.71. The second kappa shape index (κ2) is 7.06. The summed E-state index contributed by atoms with van der Waals surface area (Å²) in [6.45, 7) is 4.75. The summed E-state index contributed by atoms with van der Waals surface area (Å²) in [7, 11) is 0. The first kappa shape index (κ1) is 14.6. The van der Waals surface area contributed by atoms with Gasteiger partial charge in [0.25, 0.3) is 0 Å². The highest BCUT2D eigenvalue weighted by Gasteiger charge is 2.13. The van der Waals surface area contributed by atoms with Crippen molar-refractivity contribution < 1.29 is 9.31 Å². The second-order valence-electron chi connectivity index (χ2n) is 4.47. The molecule has 0 saturated heterocycles. The number of unbranched alkanes of at least 4 members (excludes halogenated alkanes) is 1. The highest BCUT2D eigenvalue weighted by Crippen LogP contribution is 2.18. The standard InChI is InChI=1S/C13H19FN2O2/c1-3-4-5-10(2)15-9-11-6-7-13(16(17)18)12(14)8-11/h6-8,10,15H,3-5,9H2,1-2H3. The molecule has 0 fully saturated rings. The van der Waals surface area contributed by atoms with Gasteiger partial charge in [-0.1, -0.05) is 25.8 Å². The predicted octanol–water partition coefficient (Wildman–Crippen LogP) is 3.40. The van der Waals surface area contributed by atoms with Crippen LogP contribution in [-0.4, -0.2) is 11.0 Å². The number of hydrogen-bond acceptors (Lipinski definition) is 3. The van der Waals surface area contributed by atoms with E-state index in [9.17, 15) is 14.5 Å². The van der Waals surface area contributed by atoms with E-state index in [2.05, 4.69) is 19.2 Å². The molecule has 1 unspecified atom stereocenters. The van der Waals surface area contributed by atoms with Gasteiger partial charge >= 0.3 is 5.69 Å². The summed E-state index contributed by atoms with van der Waals surface area (Å²) in [5.74, 6) is -0.777. The molecular weight excluding hydrogens is 235 g/mol. The summed E-state index contributed by atoms with van der Waals surface area (Å²) < 4.78 is 13.4. The molecule has 1 rings (SSSR count). The van der Waals surface area contributed by atoms with Crippen LogP contribution in [0.3, 0.4) is 0 Å². The van der Waals surface area contributed by atoms with Crippen LogP contribution in [0.15, 0.2) is 18.2 Å². The van der Waals surface area contributed by atoms with Crippen LogP contribution >= 0.6 is 0 Å². The summed E-state index contributed by atoms with van der Waals surface area (Å²) in [6, 6.07) is 4.38. The number of rotatable bonds is 7. The van der Waals surface area contributed by atoms with Crippen LogP contribution in [-0.2, 0) is 6.54 Å². The fourth-order valence-corrected chi connectivity index (χ4v) is 1.71. The molecule has 0 amide bonds. The molecule has 1 aromatic carbocycles. The molecule has 1 N–H and O–H groups in total. The minimum absolute atomic E-state index is 0.364. The fourth-order valence-electron chi connectivity index (χ4n) is 1.71. The third-order valence-electron chi connectivity index (χ3n) is 2.85. The van der Waals surface area contributed by atoms with Gasteiger partial charge in [0.15, 0.2) is 0 Å². The van der Waals surface area contributed by atoms with Gasteiger partial charge < -0.3 is 5.32 Å². The van der Waals surface area contributed by atoms with Crippen molar-refractivity contribution in [3.63, 3.8) is 0 Å². The lowest BCUT2D eigenvalue weighted by Gasteiger charge is -2.13. The molecule has 0 heterocycles. The van der Waals surface area contributed by atoms with Gasteiger partial charge in [-0.2, -0.15) is 4.39 Å². The molecule has 0 saturated carbocycles. The largest absolute Gasteiger partial charge is 0.310 e. The van der Waals surface area contributed by atoms with Crippen LogP contribution in [0.1, 0.15) is 38.7 Å². The van der Waals surface area contributed by atoms with Crippen molar-refractivity contribution in [3.8, 4) is 0 Å². The van der Waals surface area contributed by atoms with E-state index < -0.39 is 16.4 Å². The lowest BCUT2D eigenvalue weighted by molar-refractivity contribution is -0.387. The molecule has 18 heavy (non-hydrogen) atoms. The van der Waals surface area contributed by atoms with Gasteiger partial charge in [-0.15, -0.1) is 0 Å². The summed E-state index contributed by atoms with van der Waals surface area (Å²) >= 11 is 0. The maximum atomic E-state index is 13.4. The van der Waals surface area contributed by atoms with E-state index in [0.29, 0.717) is 12.6 Å². The zero-order chi connectivity index (χ0) is 13.5. The van der Waals surface area contributed by atoms with Crippen LogP contribution in [0.25, 0.3) is 0 Å². The van der Waals surface area contributed by atoms with Gasteiger partial charge in [-0.3, -0.25) is 10.1 Å². The quantitative estimate of drug-likeness (QED) is 0.599. The number of nitrogens with zero attached hydrogens (tertiary/aromatic N) is 1. The van der Waals surface area contributed by atoms with E-state index >= 15 is 0 Å². The zero-order valence-corrected chi connectivity index (χ0v) is 10.8. The molecule has 0 radical (unpaired) electrons. The first-order valence-corrected chi connectivity index (χ1v) is 6.20. The van der Waals surface area contributed by atoms with Crippen molar-refractivity contribution in [2.75, 3.05) is 0 Å². The third-order valence-corrected chi connectivity index (χ3v) is 2.85. The van der Waals surface area contributed by atoms with E-state index in [1.54, 1.807) is 6.07 Å². The minimum atomic E-state index is -0.777. The molecule has 1 atom stereocenters. The summed E-state index contributed by atoms with van der Waals surface area (Å²) in [5.41, 5.74) is 0.249. The van der Waals surface area contributed by atoms with Crippen molar-refractivity contribution >= 4 is 5.69 Å². The summed E-state index contributed by atoms with van der Waals surface area (Å²) in [6.07, 6.45) is 3.38. The first-order chi connectivity index (χ1) is 8.54. The Morgan fingerprint density at radius 3 is 2.78 bits per heavy atom. The van der Waals surface area contributed by atoms with E-state index in [1.807, 2.05) is 0 Å². The van der Waals surface area contributed by atoms with E-state index in [1.165, 1.54) is 12.1 Å². The van der Waals surface area contributed by atoms with Gasteiger partial charge in [0.05, 0.1) is 4.92 Å². The first-order valence-electron chi connectivity index (χ1n) is 6.20. The fraction of sp³-hybridized carbons (Fsp3) is 0.538. The number of halogens is 1. The Morgan fingerprint density at radius 1 is 1.50 bits per heavy atom. The molecule has 4 nitrogen and oxygen atoms in total. The molecule has 0 aliphatic rings. The van der Waals surface area contributed by atoms with Crippen LogP contribution in [0.4, 0.5) is 10.1 Å². The van der Waals surface area contributed by atoms with Crippen molar-refractivity contribution in [2.45, 2.75) is 45.7 Å². The second-order valence-corrected chi connectivity index (χ2v) is 4.47. The monoisotopic (exact) mass is 254 g/mol. The molecule has 0 aliphatic carbocycles. The predicted molar refractivity (Wildman–Crippen MR) is 68.9 cm³/mol. The number of nitrogens with one attached hydrogen (secondary N) is 1. The van der Waals surface area contributed by atoms with Crippen LogP contribution < -0.4 is 5.32 Å². The number of nitro benzene ring substituents is 1. The zero-order valence-electron chi connectivity index (χ0n) is 10.8. The topological polar surface area (TPSA) is 55.2 Å². The molecule has 5 heteroatoms. The van der Waals surface area contributed by atoms with Crippen LogP contribution in [0.5, 0.6) is 0 Å². The molecule has 0 bridgehead atoms. The van der Waals surface area contributed by atoms with Crippen molar-refractivity contribution in [3.05, 3.63) is 39.7 Å². The Balaban J connectivity index is 2.53. The number of hydrogen-bond donors (Lipinski definition) is 1. The number of benzene rings is 1. The molecule has 100 valence electrons. The van der Waals surface area contributed by atoms with Crippen LogP contribution in [0, 0.1) is 15.9 Å². The highest BCUT2D eigenvalue weighted by atomic mass is 19.1. The third kappa shape index (κ3) is 4.41. The van der Waals surface area contributed by atoms with E-state index in [-0.39, 0.29) is 0 Å². The lowest BCUT2D eigenvalue weighted by atomic mass is 10.1. The Labute approximate surface area is 106 Å².